The summed E-state index contributed by atoms with van der Waals surface area (Å²) in [5.41, 5.74) is 2.94. The summed E-state index contributed by atoms with van der Waals surface area (Å²) in [5, 5.41) is 11.1. The zero-order chi connectivity index (χ0) is 19.7. The molecular formula is C24H29NO4. The number of ether oxygens (including phenoxy) is 2. The van der Waals surface area contributed by atoms with Gasteiger partial charge in [-0.25, -0.2) is 0 Å². The van der Waals surface area contributed by atoms with Crippen LogP contribution in [-0.2, 0) is 16.6 Å². The van der Waals surface area contributed by atoms with Crippen LogP contribution in [0.2, 0.25) is 0 Å². The predicted molar refractivity (Wildman–Crippen MR) is 107 cm³/mol. The van der Waals surface area contributed by atoms with Gasteiger partial charge in [0.25, 0.3) is 0 Å². The average molecular weight is 395 g/mol. The molecule has 4 aliphatic carbocycles. The summed E-state index contributed by atoms with van der Waals surface area (Å²) in [6.07, 6.45) is 8.30. The molecule has 0 amide bonds. The number of piperidine rings is 1. The number of carbonyl (C=O) groups excluding carboxylic acids is 1. The zero-order valence-corrected chi connectivity index (χ0v) is 17.3. The van der Waals surface area contributed by atoms with Crippen molar-refractivity contribution in [2.24, 2.45) is 11.3 Å². The molecule has 3 saturated carbocycles. The number of ketones is 1. The number of benzene rings is 1. The highest BCUT2D eigenvalue weighted by molar-refractivity contribution is 5.90. The second-order valence-corrected chi connectivity index (χ2v) is 10.4. The first-order chi connectivity index (χ1) is 14.0. The molecule has 2 bridgehead atoms. The fourth-order valence-corrected chi connectivity index (χ4v) is 8.27. The number of hydrogen-bond donors (Lipinski definition) is 1. The normalized spacial score (nSPS) is 39.9. The van der Waals surface area contributed by atoms with E-state index in [-0.39, 0.29) is 22.4 Å². The number of hydrogen-bond acceptors (Lipinski definition) is 5. The fraction of sp³-hybridized carbons (Fsp3) is 0.708. The molecule has 1 N–H and O–H groups in total. The molecule has 2 aliphatic heterocycles. The van der Waals surface area contributed by atoms with E-state index in [1.165, 1.54) is 31.2 Å². The molecule has 0 aromatic heterocycles. The lowest BCUT2D eigenvalue weighted by Gasteiger charge is -2.66. The van der Waals surface area contributed by atoms with Crippen LogP contribution < -0.4 is 9.47 Å². The van der Waals surface area contributed by atoms with Gasteiger partial charge >= 0.3 is 0 Å². The number of rotatable bonds is 3. The Bertz CT molecular complexity index is 964. The van der Waals surface area contributed by atoms with Gasteiger partial charge in [-0.2, -0.15) is 0 Å². The van der Waals surface area contributed by atoms with Crippen LogP contribution in [0.4, 0.5) is 0 Å². The van der Waals surface area contributed by atoms with Crippen molar-refractivity contribution in [3.63, 3.8) is 0 Å². The third kappa shape index (κ3) is 1.70. The Hall–Kier alpha value is -1.75. The minimum atomic E-state index is -0.424. The number of aromatic hydroxyl groups is 1. The first-order valence-electron chi connectivity index (χ1n) is 11.4. The molecule has 6 aliphatic rings. The maximum Gasteiger partial charge on any atom is 0.174 e. The molecule has 1 saturated heterocycles. The fourth-order valence-electron chi connectivity index (χ4n) is 8.27. The molecule has 7 rings (SSSR count). The Morgan fingerprint density at radius 3 is 2.69 bits per heavy atom. The van der Waals surface area contributed by atoms with Gasteiger partial charge in [-0.15, -0.1) is 0 Å². The molecule has 5 nitrogen and oxygen atoms in total. The molecule has 2 heterocycles. The minimum absolute atomic E-state index is 0.109. The Morgan fingerprint density at radius 2 is 2.00 bits per heavy atom. The zero-order valence-electron chi connectivity index (χ0n) is 17.3. The van der Waals surface area contributed by atoms with Gasteiger partial charge in [0, 0.05) is 40.6 Å². The van der Waals surface area contributed by atoms with Crippen molar-refractivity contribution in [2.75, 3.05) is 13.7 Å². The van der Waals surface area contributed by atoms with E-state index in [1.807, 2.05) is 6.92 Å². The van der Waals surface area contributed by atoms with Crippen molar-refractivity contribution in [2.45, 2.75) is 81.9 Å². The van der Waals surface area contributed by atoms with Gasteiger partial charge in [-0.05, 0) is 64.3 Å². The van der Waals surface area contributed by atoms with Crippen molar-refractivity contribution in [1.82, 2.24) is 4.90 Å². The minimum Gasteiger partial charge on any atom is -0.504 e. The average Bonchev–Trinajstić information content (AvgIpc) is 3.61. The molecule has 1 aromatic carbocycles. The Labute approximate surface area is 171 Å². The number of methoxy groups -OCH3 is 1. The standard InChI is InChI=1S/C24H29NO4/c1-12-19(27)21-18-15(20(12)28-2)11-17-23(13-3-4-13)8-7-16(26)22(29-21)24(18,23)9-10-25(17)14-5-6-14/h13-14,17,22,27H,3-11H2,1-2H3/t17-,22+,23-,24+/m1/s1. The largest absolute Gasteiger partial charge is 0.504 e. The van der Waals surface area contributed by atoms with E-state index in [4.69, 9.17) is 9.47 Å². The molecule has 0 unspecified atom stereocenters. The van der Waals surface area contributed by atoms with E-state index in [9.17, 15) is 9.90 Å². The smallest absolute Gasteiger partial charge is 0.174 e. The summed E-state index contributed by atoms with van der Waals surface area (Å²) >= 11 is 0. The first kappa shape index (κ1) is 17.0. The SMILES string of the molecule is COc1c(C)c(O)c2c3c1C[C@H]1N(C4CC4)CC[C@@]34[C@@H](O2)C(=O)CC[C@@]14C1CC1. The molecule has 4 atom stereocenters. The highest BCUT2D eigenvalue weighted by atomic mass is 16.5. The molecular weight excluding hydrogens is 366 g/mol. The number of phenols is 1. The monoisotopic (exact) mass is 395 g/mol. The van der Waals surface area contributed by atoms with E-state index in [0.29, 0.717) is 24.1 Å². The molecule has 154 valence electrons. The third-order valence-electron chi connectivity index (χ3n) is 9.43. The summed E-state index contributed by atoms with van der Waals surface area (Å²) in [6, 6.07) is 1.18. The number of phenolic OH excluding ortho intramolecular Hbond substituents is 1. The Balaban J connectivity index is 1.58. The molecule has 1 aromatic rings. The third-order valence-corrected chi connectivity index (χ3v) is 9.43. The molecule has 4 fully saturated rings. The highest BCUT2D eigenvalue weighted by Crippen LogP contribution is 2.75. The number of likely N-dealkylation sites (tertiary alicyclic amines) is 1. The van der Waals surface area contributed by atoms with E-state index in [1.54, 1.807) is 7.11 Å². The van der Waals surface area contributed by atoms with Crippen molar-refractivity contribution in [1.29, 1.82) is 0 Å². The Morgan fingerprint density at radius 1 is 1.21 bits per heavy atom. The van der Waals surface area contributed by atoms with Gasteiger partial charge < -0.3 is 14.6 Å². The Kier molecular flexibility index (Phi) is 2.99. The van der Waals surface area contributed by atoms with Crippen LogP contribution in [0.1, 0.15) is 61.6 Å². The van der Waals surface area contributed by atoms with Crippen molar-refractivity contribution < 1.29 is 19.4 Å². The number of carbonyl (C=O) groups is 1. The quantitative estimate of drug-likeness (QED) is 0.851. The molecule has 1 spiro atoms. The lowest BCUT2D eigenvalue weighted by molar-refractivity contribution is -0.161. The summed E-state index contributed by atoms with van der Waals surface area (Å²) in [6.45, 7) is 2.96. The molecule has 0 radical (unpaired) electrons. The van der Waals surface area contributed by atoms with Crippen molar-refractivity contribution in [3.8, 4) is 17.2 Å². The van der Waals surface area contributed by atoms with Crippen LogP contribution in [0.25, 0.3) is 0 Å². The maximum atomic E-state index is 13.2. The van der Waals surface area contributed by atoms with E-state index in [0.717, 1.165) is 48.7 Å². The van der Waals surface area contributed by atoms with Crippen LogP contribution >= 0.6 is 0 Å². The second-order valence-electron chi connectivity index (χ2n) is 10.4. The van der Waals surface area contributed by atoms with Gasteiger partial charge in [0.1, 0.15) is 5.75 Å². The van der Waals surface area contributed by atoms with Gasteiger partial charge in [-0.3, -0.25) is 9.69 Å². The molecule has 29 heavy (non-hydrogen) atoms. The van der Waals surface area contributed by atoms with Crippen LogP contribution in [-0.4, -0.2) is 47.6 Å². The summed E-state index contributed by atoms with van der Waals surface area (Å²) in [5.74, 6) is 2.52. The van der Waals surface area contributed by atoms with Crippen molar-refractivity contribution >= 4 is 5.78 Å². The first-order valence-corrected chi connectivity index (χ1v) is 11.4. The van der Waals surface area contributed by atoms with E-state index in [2.05, 4.69) is 4.90 Å². The lowest BCUT2D eigenvalue weighted by atomic mass is 9.41. The van der Waals surface area contributed by atoms with Gasteiger partial charge in [-0.1, -0.05) is 0 Å². The maximum absolute atomic E-state index is 13.2. The van der Waals surface area contributed by atoms with Crippen LogP contribution in [0.15, 0.2) is 0 Å². The lowest BCUT2D eigenvalue weighted by Crippen LogP contribution is -2.73. The van der Waals surface area contributed by atoms with Gasteiger partial charge in [0.2, 0.25) is 0 Å². The topological polar surface area (TPSA) is 59.0 Å². The summed E-state index contributed by atoms with van der Waals surface area (Å²) in [7, 11) is 1.71. The van der Waals surface area contributed by atoms with Crippen LogP contribution in [0.3, 0.4) is 0 Å². The summed E-state index contributed by atoms with van der Waals surface area (Å²) < 4.78 is 12.3. The predicted octanol–water partition coefficient (Wildman–Crippen LogP) is 3.26. The van der Waals surface area contributed by atoms with Gasteiger partial charge in [0.05, 0.1) is 12.5 Å². The van der Waals surface area contributed by atoms with Crippen LogP contribution in [0.5, 0.6) is 17.2 Å². The second kappa shape index (κ2) is 5.11. The number of nitrogens with zero attached hydrogens (tertiary/aromatic N) is 1. The molecule has 5 heteroatoms. The summed E-state index contributed by atoms with van der Waals surface area (Å²) in [4.78, 5) is 16.0. The number of Topliss-reactive ketones (excluding diaryl/α,β-unsaturated/α-hetero) is 1. The van der Waals surface area contributed by atoms with Crippen molar-refractivity contribution in [3.05, 3.63) is 16.7 Å². The highest BCUT2D eigenvalue weighted by Gasteiger charge is 2.77. The van der Waals surface area contributed by atoms with E-state index >= 15 is 0 Å². The van der Waals surface area contributed by atoms with Crippen LogP contribution in [0, 0.1) is 18.3 Å². The van der Waals surface area contributed by atoms with E-state index < -0.39 is 6.10 Å². The van der Waals surface area contributed by atoms with Gasteiger partial charge in [0.15, 0.2) is 23.4 Å².